The van der Waals surface area contributed by atoms with E-state index >= 15 is 0 Å². The quantitative estimate of drug-likeness (QED) is 0.265. The van der Waals surface area contributed by atoms with Crippen molar-refractivity contribution < 1.29 is 13.6 Å². The Morgan fingerprint density at radius 3 is 2.67 bits per heavy atom. The number of nitrogens with zero attached hydrogens (tertiary/aromatic N) is 1. The van der Waals surface area contributed by atoms with Gasteiger partial charge in [-0.15, -0.1) is 0 Å². The number of carbonyl (C=O) groups excluding carboxylic acids is 1. The Kier molecular flexibility index (Phi) is 5.74. The van der Waals surface area contributed by atoms with Crippen molar-refractivity contribution in [3.8, 4) is 11.1 Å². The number of carbonyl (C=O) groups is 1. The first-order chi connectivity index (χ1) is 14.5. The van der Waals surface area contributed by atoms with Gasteiger partial charge in [-0.1, -0.05) is 42.6 Å². The molecule has 0 aliphatic rings. The predicted molar refractivity (Wildman–Crippen MR) is 118 cm³/mol. The second-order valence-electron chi connectivity index (χ2n) is 6.48. The minimum Gasteiger partial charge on any atom is -0.345 e. The molecule has 2 aromatic carbocycles. The van der Waals surface area contributed by atoms with Crippen LogP contribution in [-0.2, 0) is 0 Å². The molecule has 0 saturated heterocycles. The summed E-state index contributed by atoms with van der Waals surface area (Å²) in [7, 11) is 0. The van der Waals surface area contributed by atoms with Gasteiger partial charge < -0.3 is 9.71 Å². The first-order valence-corrected chi connectivity index (χ1v) is 10.5. The number of anilines is 1. The Bertz CT molecular complexity index is 1240. The average molecular weight is 444 g/mol. The molecule has 0 amide bonds. The molecule has 0 aliphatic heterocycles. The van der Waals surface area contributed by atoms with Crippen LogP contribution < -0.4 is 4.72 Å². The van der Waals surface area contributed by atoms with Crippen molar-refractivity contribution in [2.24, 2.45) is 0 Å². The van der Waals surface area contributed by atoms with Crippen LogP contribution in [0, 0.1) is 11.6 Å². The molecule has 0 unspecified atom stereocenters. The zero-order chi connectivity index (χ0) is 21.3. The molecular formula is C22H16ClF2N3OS. The lowest BCUT2D eigenvalue weighted by Gasteiger charge is -2.10. The predicted octanol–water partition coefficient (Wildman–Crippen LogP) is 6.47. The van der Waals surface area contributed by atoms with Gasteiger partial charge >= 0.3 is 0 Å². The molecule has 0 spiro atoms. The van der Waals surface area contributed by atoms with Gasteiger partial charge in [-0.3, -0.25) is 4.79 Å². The Morgan fingerprint density at radius 1 is 1.17 bits per heavy atom. The molecule has 0 aliphatic carbocycles. The molecule has 0 saturated carbocycles. The van der Waals surface area contributed by atoms with Gasteiger partial charge in [0, 0.05) is 39.7 Å². The summed E-state index contributed by atoms with van der Waals surface area (Å²) in [5, 5.41) is 1.08. The van der Waals surface area contributed by atoms with Crippen LogP contribution in [0.2, 0.25) is 5.02 Å². The summed E-state index contributed by atoms with van der Waals surface area (Å²) >= 11 is 7.20. The zero-order valence-corrected chi connectivity index (χ0v) is 17.4. The fraction of sp³-hybridized carbons (Fsp3) is 0.0909. The van der Waals surface area contributed by atoms with E-state index in [9.17, 15) is 13.6 Å². The molecule has 2 aromatic heterocycles. The molecule has 0 bridgehead atoms. The molecule has 2 N–H and O–H groups in total. The lowest BCUT2D eigenvalue weighted by Crippen LogP contribution is -2.09. The molecule has 0 fully saturated rings. The molecule has 4 nitrogen and oxygen atoms in total. The van der Waals surface area contributed by atoms with E-state index in [1.807, 2.05) is 19.1 Å². The molecule has 30 heavy (non-hydrogen) atoms. The van der Waals surface area contributed by atoms with Gasteiger partial charge in [0.1, 0.15) is 11.5 Å². The number of nitrogens with one attached hydrogen (secondary N) is 2. The van der Waals surface area contributed by atoms with Crippen molar-refractivity contribution in [2.75, 3.05) is 10.5 Å². The van der Waals surface area contributed by atoms with E-state index in [-0.39, 0.29) is 11.3 Å². The fourth-order valence-electron chi connectivity index (χ4n) is 3.12. The average Bonchev–Trinajstić information content (AvgIpc) is 3.17. The summed E-state index contributed by atoms with van der Waals surface area (Å²) in [6.07, 6.45) is 3.08. The number of halogens is 3. The number of ketones is 1. The third kappa shape index (κ3) is 3.78. The maximum atomic E-state index is 14.9. The second-order valence-corrected chi connectivity index (χ2v) is 7.98. The summed E-state index contributed by atoms with van der Waals surface area (Å²) in [5.41, 5.74) is 1.66. The van der Waals surface area contributed by atoms with Crippen molar-refractivity contribution in [1.29, 1.82) is 0 Å². The highest BCUT2D eigenvalue weighted by Gasteiger charge is 2.24. The lowest BCUT2D eigenvalue weighted by molar-refractivity contribution is 0.103. The van der Waals surface area contributed by atoms with Gasteiger partial charge in [0.2, 0.25) is 5.78 Å². The van der Waals surface area contributed by atoms with Gasteiger partial charge in [-0.05, 0) is 35.9 Å². The van der Waals surface area contributed by atoms with Crippen molar-refractivity contribution in [3.05, 3.63) is 82.6 Å². The standard InChI is InChI=1S/C22H16ClF2N3OS/c1-2-30-28-18-8-7-17(24)19(20(18)25)21(29)16-11-27-22-15(16)9-13(10-26-22)12-3-5-14(23)6-4-12/h3-11,28H,2H2,1H3,(H,26,27). The molecular weight excluding hydrogens is 428 g/mol. The number of hydrogen-bond acceptors (Lipinski definition) is 4. The smallest absolute Gasteiger partial charge is 0.201 e. The highest BCUT2D eigenvalue weighted by atomic mass is 35.5. The second kappa shape index (κ2) is 8.45. The maximum absolute atomic E-state index is 14.9. The number of hydrogen-bond donors (Lipinski definition) is 2. The van der Waals surface area contributed by atoms with E-state index in [1.165, 1.54) is 24.2 Å². The molecule has 4 aromatic rings. The molecule has 8 heteroatoms. The monoisotopic (exact) mass is 443 g/mol. The highest BCUT2D eigenvalue weighted by molar-refractivity contribution is 8.00. The summed E-state index contributed by atoms with van der Waals surface area (Å²) < 4.78 is 32.1. The van der Waals surface area contributed by atoms with Crippen LogP contribution in [0.3, 0.4) is 0 Å². The Balaban J connectivity index is 1.79. The van der Waals surface area contributed by atoms with E-state index in [0.29, 0.717) is 21.8 Å². The molecule has 2 heterocycles. The summed E-state index contributed by atoms with van der Waals surface area (Å²) in [5.74, 6) is -1.91. The first-order valence-electron chi connectivity index (χ1n) is 9.13. The van der Waals surface area contributed by atoms with Gasteiger partial charge in [-0.2, -0.15) is 0 Å². The van der Waals surface area contributed by atoms with Crippen molar-refractivity contribution in [2.45, 2.75) is 6.92 Å². The Labute approximate surface area is 180 Å². The number of pyridine rings is 1. The van der Waals surface area contributed by atoms with Gasteiger partial charge in [0.05, 0.1) is 11.3 Å². The topological polar surface area (TPSA) is 57.8 Å². The fourth-order valence-corrected chi connectivity index (χ4v) is 3.70. The SMILES string of the molecule is CCSNc1ccc(F)c(C(=O)c2c[nH]c3ncc(-c4ccc(Cl)cc4)cc23)c1F. The highest BCUT2D eigenvalue weighted by Crippen LogP contribution is 2.30. The van der Waals surface area contributed by atoms with Crippen molar-refractivity contribution >= 4 is 46.1 Å². The van der Waals surface area contributed by atoms with Crippen LogP contribution in [0.5, 0.6) is 0 Å². The zero-order valence-electron chi connectivity index (χ0n) is 15.8. The number of aromatic nitrogens is 2. The van der Waals surface area contributed by atoms with Crippen LogP contribution >= 0.6 is 23.5 Å². The van der Waals surface area contributed by atoms with E-state index in [0.717, 1.165) is 17.2 Å². The number of rotatable bonds is 6. The normalized spacial score (nSPS) is 11.1. The Morgan fingerprint density at radius 2 is 1.93 bits per heavy atom. The van der Waals surface area contributed by atoms with Crippen LogP contribution in [0.25, 0.3) is 22.2 Å². The third-order valence-electron chi connectivity index (χ3n) is 4.60. The van der Waals surface area contributed by atoms with Gasteiger partial charge in [0.15, 0.2) is 5.82 Å². The maximum Gasteiger partial charge on any atom is 0.201 e. The summed E-state index contributed by atoms with van der Waals surface area (Å²) in [6, 6.07) is 11.3. The van der Waals surface area contributed by atoms with Crippen molar-refractivity contribution in [3.63, 3.8) is 0 Å². The molecule has 152 valence electrons. The van der Waals surface area contributed by atoms with Crippen molar-refractivity contribution in [1.82, 2.24) is 9.97 Å². The van der Waals surface area contributed by atoms with Crippen LogP contribution in [0.1, 0.15) is 22.8 Å². The van der Waals surface area contributed by atoms with Crippen LogP contribution in [0.15, 0.2) is 54.9 Å². The first kappa shape index (κ1) is 20.4. The van der Waals surface area contributed by atoms with Gasteiger partial charge in [-0.25, -0.2) is 13.8 Å². The molecule has 4 rings (SSSR count). The van der Waals surface area contributed by atoms with E-state index in [4.69, 9.17) is 11.6 Å². The minimum absolute atomic E-state index is 0.0615. The number of aromatic amines is 1. The minimum atomic E-state index is -0.919. The summed E-state index contributed by atoms with van der Waals surface area (Å²) in [4.78, 5) is 20.3. The number of benzene rings is 2. The van der Waals surface area contributed by atoms with E-state index in [1.54, 1.807) is 24.4 Å². The molecule has 0 atom stereocenters. The lowest BCUT2D eigenvalue weighted by atomic mass is 10.00. The van der Waals surface area contributed by atoms with Crippen LogP contribution in [0.4, 0.5) is 14.5 Å². The van der Waals surface area contributed by atoms with Crippen LogP contribution in [-0.4, -0.2) is 21.5 Å². The summed E-state index contributed by atoms with van der Waals surface area (Å²) in [6.45, 7) is 1.89. The number of H-pyrrole nitrogens is 1. The number of fused-ring (bicyclic) bond motifs is 1. The largest absolute Gasteiger partial charge is 0.345 e. The van der Waals surface area contributed by atoms with E-state index < -0.39 is 23.0 Å². The van der Waals surface area contributed by atoms with Gasteiger partial charge in [0.25, 0.3) is 0 Å². The van der Waals surface area contributed by atoms with E-state index in [2.05, 4.69) is 14.7 Å². The third-order valence-corrected chi connectivity index (χ3v) is 5.50. The molecule has 0 radical (unpaired) electrons. The Hall–Kier alpha value is -2.90.